The Hall–Kier alpha value is -3.86. The maximum atomic E-state index is 12.5. The zero-order valence-corrected chi connectivity index (χ0v) is 16.0. The first-order valence-corrected chi connectivity index (χ1v) is 9.56. The third kappa shape index (κ3) is 3.17. The molecule has 3 aromatic carbocycles. The monoisotopic (exact) mass is 380 g/mol. The molecule has 1 amide bonds. The number of carbonyl (C=O) groups excluding carboxylic acids is 1. The van der Waals surface area contributed by atoms with Crippen LogP contribution in [0.15, 0.2) is 79.0 Å². The number of aromatic amines is 1. The Morgan fingerprint density at radius 1 is 1.00 bits per heavy atom. The summed E-state index contributed by atoms with van der Waals surface area (Å²) in [6.45, 7) is 0. The zero-order chi connectivity index (χ0) is 19.8. The summed E-state index contributed by atoms with van der Waals surface area (Å²) in [5.41, 5.74) is 5.90. The number of fused-ring (bicyclic) bond motifs is 2. The minimum Gasteiger partial charge on any atom is -0.361 e. The van der Waals surface area contributed by atoms with Crippen LogP contribution in [0.3, 0.4) is 0 Å². The first-order valence-electron chi connectivity index (χ1n) is 9.56. The van der Waals surface area contributed by atoms with Crippen molar-refractivity contribution in [3.8, 4) is 11.4 Å². The van der Waals surface area contributed by atoms with Crippen molar-refractivity contribution in [3.63, 3.8) is 0 Å². The first kappa shape index (κ1) is 17.3. The molecule has 2 aromatic heterocycles. The lowest BCUT2D eigenvalue weighted by molar-refractivity contribution is -0.115. The normalized spacial score (nSPS) is 11.2. The highest BCUT2D eigenvalue weighted by Crippen LogP contribution is 2.25. The van der Waals surface area contributed by atoms with Gasteiger partial charge in [-0.3, -0.25) is 4.79 Å². The van der Waals surface area contributed by atoms with Crippen molar-refractivity contribution in [1.82, 2.24) is 14.5 Å². The fourth-order valence-electron chi connectivity index (χ4n) is 3.76. The predicted molar refractivity (Wildman–Crippen MR) is 117 cm³/mol. The second kappa shape index (κ2) is 6.95. The summed E-state index contributed by atoms with van der Waals surface area (Å²) in [6.07, 6.45) is 2.23. The fourth-order valence-corrected chi connectivity index (χ4v) is 3.76. The quantitative estimate of drug-likeness (QED) is 0.466. The SMILES string of the molecule is Cn1c(-c2ccc(NC(=O)Cc3c[nH]c4ccccc34)cc2)nc2ccccc21. The Balaban J connectivity index is 1.33. The van der Waals surface area contributed by atoms with Gasteiger partial charge in [0.1, 0.15) is 5.82 Å². The summed E-state index contributed by atoms with van der Waals surface area (Å²) in [5.74, 6) is 0.869. The summed E-state index contributed by atoms with van der Waals surface area (Å²) in [6, 6.07) is 23.9. The molecule has 0 saturated heterocycles. The van der Waals surface area contributed by atoms with Gasteiger partial charge >= 0.3 is 0 Å². The average Bonchev–Trinajstić information content (AvgIpc) is 3.30. The number of nitrogens with one attached hydrogen (secondary N) is 2. The van der Waals surface area contributed by atoms with Crippen LogP contribution in [0.5, 0.6) is 0 Å². The van der Waals surface area contributed by atoms with E-state index in [9.17, 15) is 4.79 Å². The minimum absolute atomic E-state index is 0.0368. The van der Waals surface area contributed by atoms with Gasteiger partial charge in [-0.1, -0.05) is 30.3 Å². The van der Waals surface area contributed by atoms with Crippen LogP contribution in [0.1, 0.15) is 5.56 Å². The predicted octanol–water partition coefficient (Wildman–Crippen LogP) is 4.90. The Labute approximate surface area is 168 Å². The standard InChI is InChI=1S/C24H20N4O/c1-28-22-9-5-4-8-21(22)27-24(28)16-10-12-18(13-11-16)26-23(29)14-17-15-25-20-7-3-2-6-19(17)20/h2-13,15,25H,14H2,1H3,(H,26,29). The van der Waals surface area contributed by atoms with Gasteiger partial charge < -0.3 is 14.9 Å². The van der Waals surface area contributed by atoms with E-state index in [0.29, 0.717) is 6.42 Å². The Morgan fingerprint density at radius 3 is 2.59 bits per heavy atom. The maximum absolute atomic E-state index is 12.5. The second-order valence-electron chi connectivity index (χ2n) is 7.14. The van der Waals surface area contributed by atoms with Gasteiger partial charge in [-0.05, 0) is 48.0 Å². The summed E-state index contributed by atoms with van der Waals surface area (Å²) in [5, 5.41) is 4.07. The molecule has 0 fully saturated rings. The molecule has 5 heteroatoms. The van der Waals surface area contributed by atoms with Crippen LogP contribution in [0.2, 0.25) is 0 Å². The van der Waals surface area contributed by atoms with E-state index < -0.39 is 0 Å². The van der Waals surface area contributed by atoms with Gasteiger partial charge in [-0.15, -0.1) is 0 Å². The van der Waals surface area contributed by atoms with Crippen molar-refractivity contribution >= 4 is 33.5 Å². The maximum Gasteiger partial charge on any atom is 0.228 e. The van der Waals surface area contributed by atoms with E-state index in [1.807, 2.05) is 80.0 Å². The molecule has 142 valence electrons. The summed E-state index contributed by atoms with van der Waals surface area (Å²) < 4.78 is 2.08. The third-order valence-electron chi connectivity index (χ3n) is 5.24. The number of imidazole rings is 1. The van der Waals surface area contributed by atoms with Crippen molar-refractivity contribution in [1.29, 1.82) is 0 Å². The molecule has 5 nitrogen and oxygen atoms in total. The van der Waals surface area contributed by atoms with Gasteiger partial charge in [0, 0.05) is 35.4 Å². The lowest BCUT2D eigenvalue weighted by atomic mass is 10.1. The van der Waals surface area contributed by atoms with Crippen molar-refractivity contribution in [2.75, 3.05) is 5.32 Å². The van der Waals surface area contributed by atoms with Crippen LogP contribution < -0.4 is 5.32 Å². The molecule has 0 aliphatic carbocycles. The molecule has 0 atom stereocenters. The summed E-state index contributed by atoms with van der Waals surface area (Å²) in [4.78, 5) is 20.4. The van der Waals surface area contributed by atoms with E-state index in [4.69, 9.17) is 4.98 Å². The molecule has 5 rings (SSSR count). The molecule has 0 radical (unpaired) electrons. The van der Waals surface area contributed by atoms with Crippen LogP contribution in [-0.4, -0.2) is 20.4 Å². The number of benzene rings is 3. The Bertz CT molecular complexity index is 1330. The second-order valence-corrected chi connectivity index (χ2v) is 7.14. The van der Waals surface area contributed by atoms with E-state index in [0.717, 1.165) is 44.6 Å². The molecule has 0 aliphatic heterocycles. The molecular formula is C24H20N4O. The van der Waals surface area contributed by atoms with Gasteiger partial charge in [-0.25, -0.2) is 4.98 Å². The largest absolute Gasteiger partial charge is 0.361 e. The highest BCUT2D eigenvalue weighted by Gasteiger charge is 2.11. The van der Waals surface area contributed by atoms with E-state index >= 15 is 0 Å². The van der Waals surface area contributed by atoms with Crippen LogP contribution in [-0.2, 0) is 18.3 Å². The van der Waals surface area contributed by atoms with Gasteiger partial charge in [0.15, 0.2) is 0 Å². The highest BCUT2D eigenvalue weighted by atomic mass is 16.1. The lowest BCUT2D eigenvalue weighted by Crippen LogP contribution is -2.14. The molecule has 0 spiro atoms. The molecule has 0 unspecified atom stereocenters. The highest BCUT2D eigenvalue weighted by molar-refractivity contribution is 5.96. The van der Waals surface area contributed by atoms with Crippen LogP contribution in [0.25, 0.3) is 33.3 Å². The number of nitrogens with zero attached hydrogens (tertiary/aromatic N) is 2. The number of aromatic nitrogens is 3. The van der Waals surface area contributed by atoms with E-state index in [1.165, 1.54) is 0 Å². The topological polar surface area (TPSA) is 62.7 Å². The number of amides is 1. The van der Waals surface area contributed by atoms with Crippen molar-refractivity contribution in [3.05, 3.63) is 84.6 Å². The average molecular weight is 380 g/mol. The Morgan fingerprint density at radius 2 is 1.76 bits per heavy atom. The number of hydrogen-bond donors (Lipinski definition) is 2. The number of hydrogen-bond acceptors (Lipinski definition) is 2. The Kier molecular flexibility index (Phi) is 4.13. The minimum atomic E-state index is -0.0368. The van der Waals surface area contributed by atoms with Crippen molar-refractivity contribution in [2.24, 2.45) is 7.05 Å². The van der Waals surface area contributed by atoms with E-state index in [1.54, 1.807) is 0 Å². The molecule has 2 N–H and O–H groups in total. The third-order valence-corrected chi connectivity index (χ3v) is 5.24. The number of anilines is 1. The molecule has 0 bridgehead atoms. The van der Waals surface area contributed by atoms with Gasteiger partial charge in [0.25, 0.3) is 0 Å². The number of para-hydroxylation sites is 3. The molecule has 5 aromatic rings. The number of H-pyrrole nitrogens is 1. The van der Waals surface area contributed by atoms with E-state index in [2.05, 4.69) is 20.9 Å². The van der Waals surface area contributed by atoms with Gasteiger partial charge in [0.2, 0.25) is 5.91 Å². The van der Waals surface area contributed by atoms with Crippen LogP contribution >= 0.6 is 0 Å². The number of aryl methyl sites for hydroxylation is 1. The first-order chi connectivity index (χ1) is 14.2. The van der Waals surface area contributed by atoms with Crippen LogP contribution in [0, 0.1) is 0 Å². The van der Waals surface area contributed by atoms with Crippen molar-refractivity contribution < 1.29 is 4.79 Å². The number of carbonyl (C=O) groups is 1. The van der Waals surface area contributed by atoms with Crippen LogP contribution in [0.4, 0.5) is 5.69 Å². The smallest absolute Gasteiger partial charge is 0.228 e. The summed E-state index contributed by atoms with van der Waals surface area (Å²) in [7, 11) is 2.02. The summed E-state index contributed by atoms with van der Waals surface area (Å²) >= 11 is 0. The van der Waals surface area contributed by atoms with E-state index in [-0.39, 0.29) is 5.91 Å². The zero-order valence-electron chi connectivity index (χ0n) is 16.0. The lowest BCUT2D eigenvalue weighted by Gasteiger charge is -2.07. The molecule has 0 aliphatic rings. The van der Waals surface area contributed by atoms with Gasteiger partial charge in [0.05, 0.1) is 17.5 Å². The van der Waals surface area contributed by atoms with Gasteiger partial charge in [-0.2, -0.15) is 0 Å². The molecular weight excluding hydrogens is 360 g/mol. The number of rotatable bonds is 4. The molecule has 29 heavy (non-hydrogen) atoms. The van der Waals surface area contributed by atoms with Crippen molar-refractivity contribution in [2.45, 2.75) is 6.42 Å². The fraction of sp³-hybridized carbons (Fsp3) is 0.0833. The molecule has 2 heterocycles. The molecule has 0 saturated carbocycles.